The Kier molecular flexibility index (Phi) is 9.72. The first-order chi connectivity index (χ1) is 18.7. The van der Waals surface area contributed by atoms with E-state index in [0.29, 0.717) is 44.8 Å². The van der Waals surface area contributed by atoms with Crippen LogP contribution in [0, 0.1) is 35.4 Å². The average molecular weight is 547 g/mol. The topological polar surface area (TPSA) is 103 Å². The summed E-state index contributed by atoms with van der Waals surface area (Å²) in [6.07, 6.45) is 6.03. The number of rotatable bonds is 11. The molecule has 4 rings (SSSR count). The van der Waals surface area contributed by atoms with Gasteiger partial charge < -0.3 is 24.8 Å². The monoisotopic (exact) mass is 546 g/mol. The highest BCUT2D eigenvalue weighted by atomic mass is 19.1. The number of nitrogens with one attached hydrogen (secondary N) is 2. The molecule has 5 atom stereocenters. The van der Waals surface area contributed by atoms with Crippen LogP contribution in [-0.4, -0.2) is 50.2 Å². The standard InChI is InChI=1S/C30H43FN2O6/c1-5-17(3)16-32-29(35)26-19-7-8-20(13-19)27(26)33-28(34)22-14-25(23(31)15-24(22)37-4)39-21-11-9-18(10-12-21)30(36)38-6-2/h14-15,17-21,26-27H,5-13,16H2,1-4H3,(H,32,35)(H,33,34)/t17-,18?,19-,20+,21?,26+,27-/m1/s1. The molecule has 0 heterocycles. The zero-order valence-electron chi connectivity index (χ0n) is 23.6. The second-order valence-electron chi connectivity index (χ2n) is 11.4. The number of esters is 1. The van der Waals surface area contributed by atoms with Gasteiger partial charge in [0.1, 0.15) is 5.75 Å². The summed E-state index contributed by atoms with van der Waals surface area (Å²) in [5, 5.41) is 6.20. The Morgan fingerprint density at radius 2 is 1.74 bits per heavy atom. The Labute approximate surface area is 230 Å². The third-order valence-electron chi connectivity index (χ3n) is 8.92. The second-order valence-corrected chi connectivity index (χ2v) is 11.4. The van der Waals surface area contributed by atoms with Crippen molar-refractivity contribution in [1.82, 2.24) is 10.6 Å². The summed E-state index contributed by atoms with van der Waals surface area (Å²) >= 11 is 0. The van der Waals surface area contributed by atoms with Gasteiger partial charge in [-0.05, 0) is 75.7 Å². The van der Waals surface area contributed by atoms with E-state index in [1.54, 1.807) is 6.92 Å². The molecule has 0 aromatic heterocycles. The maximum Gasteiger partial charge on any atom is 0.308 e. The minimum atomic E-state index is -0.613. The molecule has 0 spiro atoms. The van der Waals surface area contributed by atoms with Crippen molar-refractivity contribution in [2.45, 2.75) is 84.3 Å². The predicted molar refractivity (Wildman–Crippen MR) is 144 cm³/mol. The lowest BCUT2D eigenvalue weighted by atomic mass is 9.83. The molecule has 2 amide bonds. The normalized spacial score (nSPS) is 28.4. The van der Waals surface area contributed by atoms with Crippen LogP contribution in [0.3, 0.4) is 0 Å². The fraction of sp³-hybridized carbons (Fsp3) is 0.700. The van der Waals surface area contributed by atoms with Crippen LogP contribution in [-0.2, 0) is 14.3 Å². The summed E-state index contributed by atoms with van der Waals surface area (Å²) in [6.45, 7) is 6.96. The number of ether oxygens (including phenoxy) is 3. The van der Waals surface area contributed by atoms with Crippen molar-refractivity contribution in [3.05, 3.63) is 23.5 Å². The molecular formula is C30H43FN2O6. The summed E-state index contributed by atoms with van der Waals surface area (Å²) in [7, 11) is 1.39. The minimum Gasteiger partial charge on any atom is -0.496 e. The van der Waals surface area contributed by atoms with Gasteiger partial charge in [0.05, 0.1) is 37.2 Å². The van der Waals surface area contributed by atoms with Gasteiger partial charge in [-0.1, -0.05) is 20.3 Å². The van der Waals surface area contributed by atoms with Gasteiger partial charge in [0.2, 0.25) is 5.91 Å². The van der Waals surface area contributed by atoms with Crippen LogP contribution >= 0.6 is 0 Å². The SMILES string of the molecule is CCOC(=O)C1CCC(Oc2cc(C(=O)N[C@@H]3[C@H]4CC[C@H](C4)[C@@H]3C(=O)NC[C@H](C)CC)c(OC)cc2F)CC1. The lowest BCUT2D eigenvalue weighted by Gasteiger charge is -2.31. The van der Waals surface area contributed by atoms with Gasteiger partial charge in [0.25, 0.3) is 5.91 Å². The lowest BCUT2D eigenvalue weighted by Crippen LogP contribution is -2.50. The number of carbonyl (C=O) groups excluding carboxylic acids is 3. The Morgan fingerprint density at radius 1 is 1.03 bits per heavy atom. The Bertz CT molecular complexity index is 1040. The highest BCUT2D eigenvalue weighted by Gasteiger charge is 2.51. The number of amides is 2. The highest BCUT2D eigenvalue weighted by molar-refractivity contribution is 5.98. The van der Waals surface area contributed by atoms with E-state index in [-0.39, 0.29) is 64.8 Å². The molecule has 2 N–H and O–H groups in total. The lowest BCUT2D eigenvalue weighted by molar-refractivity contribution is -0.149. The molecule has 8 nitrogen and oxygen atoms in total. The molecule has 2 bridgehead atoms. The summed E-state index contributed by atoms with van der Waals surface area (Å²) in [6, 6.07) is 2.29. The fourth-order valence-electron chi connectivity index (χ4n) is 6.47. The summed E-state index contributed by atoms with van der Waals surface area (Å²) in [4.78, 5) is 38.7. The summed E-state index contributed by atoms with van der Waals surface area (Å²) < 4.78 is 31.4. The maximum atomic E-state index is 15.0. The van der Waals surface area contributed by atoms with E-state index in [1.165, 1.54) is 19.2 Å². The van der Waals surface area contributed by atoms with Gasteiger partial charge in [-0.15, -0.1) is 0 Å². The number of hydrogen-bond donors (Lipinski definition) is 2. The van der Waals surface area contributed by atoms with Gasteiger partial charge in [-0.25, -0.2) is 4.39 Å². The molecule has 1 aromatic carbocycles. The Morgan fingerprint density at radius 3 is 2.41 bits per heavy atom. The van der Waals surface area contributed by atoms with Crippen LogP contribution in [0.1, 0.15) is 82.5 Å². The zero-order chi connectivity index (χ0) is 28.1. The minimum absolute atomic E-state index is 0.00122. The van der Waals surface area contributed by atoms with Gasteiger partial charge in [0, 0.05) is 18.7 Å². The smallest absolute Gasteiger partial charge is 0.308 e. The first-order valence-corrected chi connectivity index (χ1v) is 14.5. The molecule has 0 unspecified atom stereocenters. The van der Waals surface area contributed by atoms with E-state index < -0.39 is 11.7 Å². The van der Waals surface area contributed by atoms with Crippen LogP contribution in [0.5, 0.6) is 11.5 Å². The first kappa shape index (κ1) is 29.2. The van der Waals surface area contributed by atoms with Crippen LogP contribution in [0.2, 0.25) is 0 Å². The predicted octanol–water partition coefficient (Wildman–Crippen LogP) is 4.64. The van der Waals surface area contributed by atoms with E-state index >= 15 is 0 Å². The molecular weight excluding hydrogens is 503 g/mol. The average Bonchev–Trinajstić information content (AvgIpc) is 3.55. The van der Waals surface area contributed by atoms with Gasteiger partial charge in [-0.2, -0.15) is 0 Å². The van der Waals surface area contributed by atoms with Crippen molar-refractivity contribution >= 4 is 17.8 Å². The van der Waals surface area contributed by atoms with Crippen LogP contribution in [0.25, 0.3) is 0 Å². The second kappa shape index (κ2) is 13.0. The Balaban J connectivity index is 1.44. The number of halogens is 1. The van der Waals surface area contributed by atoms with Gasteiger partial charge in [0.15, 0.2) is 11.6 Å². The van der Waals surface area contributed by atoms with E-state index in [4.69, 9.17) is 14.2 Å². The first-order valence-electron chi connectivity index (χ1n) is 14.5. The van der Waals surface area contributed by atoms with Crippen LogP contribution in [0.15, 0.2) is 12.1 Å². The van der Waals surface area contributed by atoms with Crippen molar-refractivity contribution in [3.8, 4) is 11.5 Å². The molecule has 0 radical (unpaired) electrons. The summed E-state index contributed by atoms with van der Waals surface area (Å²) in [5.41, 5.74) is 0.177. The molecule has 39 heavy (non-hydrogen) atoms. The third-order valence-corrected chi connectivity index (χ3v) is 8.92. The highest BCUT2D eigenvalue weighted by Crippen LogP contribution is 2.49. The molecule has 3 fully saturated rings. The van der Waals surface area contributed by atoms with Crippen molar-refractivity contribution in [3.63, 3.8) is 0 Å². The van der Waals surface area contributed by atoms with E-state index in [2.05, 4.69) is 24.5 Å². The largest absolute Gasteiger partial charge is 0.496 e. The number of benzene rings is 1. The van der Waals surface area contributed by atoms with Crippen LogP contribution in [0.4, 0.5) is 4.39 Å². The number of methoxy groups -OCH3 is 1. The molecule has 216 valence electrons. The molecule has 0 aliphatic heterocycles. The van der Waals surface area contributed by atoms with Gasteiger partial charge >= 0.3 is 5.97 Å². The Hall–Kier alpha value is -2.84. The van der Waals surface area contributed by atoms with Crippen molar-refractivity contribution in [1.29, 1.82) is 0 Å². The third kappa shape index (κ3) is 6.67. The van der Waals surface area contributed by atoms with E-state index in [1.807, 2.05) is 0 Å². The van der Waals surface area contributed by atoms with Crippen molar-refractivity contribution in [2.24, 2.45) is 29.6 Å². The molecule has 3 saturated carbocycles. The maximum absolute atomic E-state index is 15.0. The molecule has 9 heteroatoms. The number of hydrogen-bond acceptors (Lipinski definition) is 6. The van der Waals surface area contributed by atoms with Crippen LogP contribution < -0.4 is 20.1 Å². The number of carbonyl (C=O) groups is 3. The molecule has 3 aliphatic rings. The molecule has 0 saturated heterocycles. The van der Waals surface area contributed by atoms with Crippen molar-refractivity contribution < 1.29 is 33.0 Å². The van der Waals surface area contributed by atoms with Crippen molar-refractivity contribution in [2.75, 3.05) is 20.3 Å². The van der Waals surface area contributed by atoms with Gasteiger partial charge in [-0.3, -0.25) is 14.4 Å². The summed E-state index contributed by atoms with van der Waals surface area (Å²) in [5.74, 6) is -0.649. The molecule has 3 aliphatic carbocycles. The quantitative estimate of drug-likeness (QED) is 0.392. The fourth-order valence-corrected chi connectivity index (χ4v) is 6.47. The van der Waals surface area contributed by atoms with E-state index in [9.17, 15) is 18.8 Å². The number of fused-ring (bicyclic) bond motifs is 2. The van der Waals surface area contributed by atoms with E-state index in [0.717, 1.165) is 25.7 Å². The molecule has 1 aromatic rings. The zero-order valence-corrected chi connectivity index (χ0v) is 23.6.